The molecule has 3 heteroatoms. The number of Topliss-reactive ketones (excluding diaryl/α,β-unsaturated/α-hetero) is 1. The van der Waals surface area contributed by atoms with Gasteiger partial charge < -0.3 is 4.42 Å². The van der Waals surface area contributed by atoms with Crippen molar-refractivity contribution in [1.29, 1.82) is 0 Å². The molecule has 1 aromatic heterocycles. The summed E-state index contributed by atoms with van der Waals surface area (Å²) in [5, 5.41) is 0. The summed E-state index contributed by atoms with van der Waals surface area (Å²) in [5.74, 6) is 1.69. The van der Waals surface area contributed by atoms with Crippen LogP contribution in [-0.2, 0) is 12.8 Å². The minimum absolute atomic E-state index is 0.269. The molecule has 1 heterocycles. The lowest BCUT2D eigenvalue weighted by molar-refractivity contribution is 0.0994. The van der Waals surface area contributed by atoms with Crippen LogP contribution in [-0.4, -0.2) is 10.8 Å². The van der Waals surface area contributed by atoms with Gasteiger partial charge in [-0.25, -0.2) is 4.98 Å². The molecule has 0 unspecified atom stereocenters. The second kappa shape index (κ2) is 8.30. The lowest BCUT2D eigenvalue weighted by Gasteiger charge is -2.15. The zero-order valence-electron chi connectivity index (χ0n) is 18.4. The first-order valence-electron chi connectivity index (χ1n) is 11.6. The van der Waals surface area contributed by atoms with E-state index in [-0.39, 0.29) is 5.78 Å². The van der Waals surface area contributed by atoms with Gasteiger partial charge in [0.2, 0.25) is 5.89 Å². The summed E-state index contributed by atoms with van der Waals surface area (Å²) in [6.07, 6.45) is 12.9. The number of allylic oxidation sites excluding steroid dienone is 1. The predicted molar refractivity (Wildman–Crippen MR) is 125 cm³/mol. The van der Waals surface area contributed by atoms with Crippen molar-refractivity contribution in [1.82, 2.24) is 4.98 Å². The predicted octanol–water partition coefficient (Wildman–Crippen LogP) is 7.29. The van der Waals surface area contributed by atoms with Crippen molar-refractivity contribution < 1.29 is 9.21 Å². The maximum Gasteiger partial charge on any atom is 0.225 e. The van der Waals surface area contributed by atoms with Gasteiger partial charge in [0.05, 0.1) is 6.20 Å². The van der Waals surface area contributed by atoms with Crippen LogP contribution < -0.4 is 0 Å². The number of benzene rings is 2. The quantitative estimate of drug-likeness (QED) is 0.427. The summed E-state index contributed by atoms with van der Waals surface area (Å²) < 4.78 is 5.57. The molecule has 0 aliphatic heterocycles. The highest BCUT2D eigenvalue weighted by molar-refractivity contribution is 6.04. The fourth-order valence-corrected chi connectivity index (χ4v) is 5.22. The van der Waals surface area contributed by atoms with Crippen molar-refractivity contribution in [2.24, 2.45) is 5.92 Å². The minimum atomic E-state index is 0.269. The normalized spacial score (nSPS) is 14.8. The van der Waals surface area contributed by atoms with Gasteiger partial charge in [0.1, 0.15) is 6.26 Å². The van der Waals surface area contributed by atoms with Gasteiger partial charge in [0, 0.05) is 17.5 Å². The van der Waals surface area contributed by atoms with Gasteiger partial charge in [-0.3, -0.25) is 4.79 Å². The molecule has 0 atom stereocenters. The van der Waals surface area contributed by atoms with Crippen LogP contribution in [0.2, 0.25) is 0 Å². The average Bonchev–Trinajstić information content (AvgIpc) is 3.42. The number of carbonyl (C=O) groups is 1. The number of rotatable bonds is 6. The Bertz CT molecular complexity index is 1150. The molecular formula is C28H29NO2. The molecule has 0 bridgehead atoms. The van der Waals surface area contributed by atoms with Gasteiger partial charge in [0.15, 0.2) is 5.78 Å². The second-order valence-electron chi connectivity index (χ2n) is 8.89. The summed E-state index contributed by atoms with van der Waals surface area (Å²) in [6, 6.07) is 10.7. The highest BCUT2D eigenvalue weighted by Gasteiger charge is 2.27. The van der Waals surface area contributed by atoms with Crippen molar-refractivity contribution in [2.45, 2.75) is 58.8 Å². The van der Waals surface area contributed by atoms with Crippen molar-refractivity contribution in [3.63, 3.8) is 0 Å². The van der Waals surface area contributed by atoms with Crippen LogP contribution in [0.3, 0.4) is 0 Å². The third kappa shape index (κ3) is 3.67. The molecular weight excluding hydrogens is 382 g/mol. The molecule has 2 aromatic carbocycles. The SMILES string of the molecule is CCC(CC)CCC1=Cc2ccc3c(c2-c2cc(-c4ncco4)ccc2C1)CCC3=O. The zero-order chi connectivity index (χ0) is 21.4. The summed E-state index contributed by atoms with van der Waals surface area (Å²) in [6.45, 7) is 4.59. The number of fused-ring (bicyclic) bond motifs is 5. The van der Waals surface area contributed by atoms with E-state index in [2.05, 4.69) is 49.2 Å². The minimum Gasteiger partial charge on any atom is -0.445 e. The monoisotopic (exact) mass is 411 g/mol. The van der Waals surface area contributed by atoms with Crippen LogP contribution >= 0.6 is 0 Å². The number of hydrogen-bond acceptors (Lipinski definition) is 3. The molecule has 3 aromatic rings. The number of ketones is 1. The van der Waals surface area contributed by atoms with E-state index in [9.17, 15) is 4.79 Å². The molecule has 5 rings (SSSR count). The zero-order valence-corrected chi connectivity index (χ0v) is 18.4. The van der Waals surface area contributed by atoms with Gasteiger partial charge in [-0.1, -0.05) is 56.5 Å². The number of carbonyl (C=O) groups excluding carboxylic acids is 1. The van der Waals surface area contributed by atoms with Gasteiger partial charge in [-0.2, -0.15) is 0 Å². The topological polar surface area (TPSA) is 43.1 Å². The molecule has 0 fully saturated rings. The lowest BCUT2D eigenvalue weighted by Crippen LogP contribution is -1.99. The number of aromatic nitrogens is 1. The van der Waals surface area contributed by atoms with Crippen LogP contribution in [0, 0.1) is 5.92 Å². The molecule has 2 aliphatic carbocycles. The molecule has 3 nitrogen and oxygen atoms in total. The molecule has 0 spiro atoms. The first-order chi connectivity index (χ1) is 15.2. The molecule has 0 N–H and O–H groups in total. The Morgan fingerprint density at radius 3 is 2.71 bits per heavy atom. The number of nitrogens with zero attached hydrogens (tertiary/aromatic N) is 1. The van der Waals surface area contributed by atoms with Gasteiger partial charge in [0.25, 0.3) is 0 Å². The maximum absolute atomic E-state index is 12.5. The third-order valence-corrected chi connectivity index (χ3v) is 7.11. The standard InChI is InChI=1S/C28H29NO2/c1-3-18(4-2)5-6-19-15-20-7-8-22(28-29-13-14-31-28)17-25(20)27-21(16-19)9-10-23-24(27)11-12-26(23)30/h7-10,13-14,16-18H,3-6,11-12,15H2,1-2H3. The third-order valence-electron chi connectivity index (χ3n) is 7.11. The van der Waals surface area contributed by atoms with Crippen molar-refractivity contribution >= 4 is 11.9 Å². The van der Waals surface area contributed by atoms with E-state index in [1.165, 1.54) is 52.7 Å². The van der Waals surface area contributed by atoms with Gasteiger partial charge in [-0.05, 0) is 71.6 Å². The Labute approximate surface area is 184 Å². The molecule has 31 heavy (non-hydrogen) atoms. The molecule has 0 amide bonds. The molecule has 0 saturated heterocycles. The molecule has 158 valence electrons. The number of hydrogen-bond donors (Lipinski definition) is 0. The molecule has 0 radical (unpaired) electrons. The smallest absolute Gasteiger partial charge is 0.225 e. The maximum atomic E-state index is 12.5. The summed E-state index contributed by atoms with van der Waals surface area (Å²) in [4.78, 5) is 16.8. The highest BCUT2D eigenvalue weighted by Crippen LogP contribution is 2.42. The second-order valence-corrected chi connectivity index (χ2v) is 8.89. The van der Waals surface area contributed by atoms with Crippen molar-refractivity contribution in [2.75, 3.05) is 0 Å². The van der Waals surface area contributed by atoms with Gasteiger partial charge in [-0.15, -0.1) is 0 Å². The van der Waals surface area contributed by atoms with Crippen LogP contribution in [0.15, 0.2) is 52.8 Å². The van der Waals surface area contributed by atoms with E-state index >= 15 is 0 Å². The van der Waals surface area contributed by atoms with E-state index in [0.717, 1.165) is 36.3 Å². The number of oxazole rings is 1. The summed E-state index contributed by atoms with van der Waals surface area (Å²) in [7, 11) is 0. The fraction of sp³-hybridized carbons (Fsp3) is 0.357. The van der Waals surface area contributed by atoms with Crippen molar-refractivity contribution in [3.05, 3.63) is 70.6 Å². The lowest BCUT2D eigenvalue weighted by atomic mass is 9.89. The molecule has 2 aliphatic rings. The Balaban J connectivity index is 1.64. The van der Waals surface area contributed by atoms with E-state index in [4.69, 9.17) is 4.42 Å². The van der Waals surface area contributed by atoms with E-state index in [0.29, 0.717) is 12.3 Å². The van der Waals surface area contributed by atoms with Crippen LogP contribution in [0.1, 0.15) is 73.0 Å². The highest BCUT2D eigenvalue weighted by atomic mass is 16.3. The first kappa shape index (κ1) is 20.0. The largest absolute Gasteiger partial charge is 0.445 e. The summed E-state index contributed by atoms with van der Waals surface area (Å²) >= 11 is 0. The van der Waals surface area contributed by atoms with Crippen LogP contribution in [0.5, 0.6) is 0 Å². The average molecular weight is 412 g/mol. The van der Waals surface area contributed by atoms with Gasteiger partial charge >= 0.3 is 0 Å². The van der Waals surface area contributed by atoms with Crippen LogP contribution in [0.4, 0.5) is 0 Å². The first-order valence-corrected chi connectivity index (χ1v) is 11.6. The Morgan fingerprint density at radius 1 is 1.06 bits per heavy atom. The molecule has 0 saturated carbocycles. The van der Waals surface area contributed by atoms with E-state index in [1.807, 2.05) is 6.07 Å². The fourth-order valence-electron chi connectivity index (χ4n) is 5.22. The van der Waals surface area contributed by atoms with E-state index in [1.54, 1.807) is 12.5 Å². The van der Waals surface area contributed by atoms with E-state index < -0.39 is 0 Å². The summed E-state index contributed by atoms with van der Waals surface area (Å²) in [5.41, 5.74) is 9.63. The Hall–Kier alpha value is -2.94. The van der Waals surface area contributed by atoms with Crippen LogP contribution in [0.25, 0.3) is 28.7 Å². The Morgan fingerprint density at radius 2 is 1.94 bits per heavy atom. The Kier molecular flexibility index (Phi) is 5.35. The van der Waals surface area contributed by atoms with Crippen molar-refractivity contribution in [3.8, 4) is 22.6 Å².